The molecule has 1 saturated heterocycles. The Bertz CT molecular complexity index is 1300. The van der Waals surface area contributed by atoms with Gasteiger partial charge in [-0.1, -0.05) is 72.8 Å². The minimum Gasteiger partial charge on any atom is -0.497 e. The third kappa shape index (κ3) is 4.61. The number of anilines is 1. The summed E-state index contributed by atoms with van der Waals surface area (Å²) in [6, 6.07) is 28.9. The summed E-state index contributed by atoms with van der Waals surface area (Å²) >= 11 is 0. The maximum Gasteiger partial charge on any atom is 0.351 e. The van der Waals surface area contributed by atoms with Crippen molar-refractivity contribution in [2.75, 3.05) is 19.5 Å². The number of methoxy groups -OCH3 is 1. The molecule has 2 N–H and O–H groups in total. The number of rotatable bonds is 8. The van der Waals surface area contributed by atoms with Crippen LogP contribution in [0.1, 0.15) is 22.9 Å². The number of aromatic nitrogens is 2. The Morgan fingerprint density at radius 3 is 2.19 bits per heavy atom. The van der Waals surface area contributed by atoms with Crippen molar-refractivity contribution in [3.8, 4) is 5.75 Å². The topological polar surface area (TPSA) is 97.8 Å². The van der Waals surface area contributed by atoms with Gasteiger partial charge in [0.05, 0.1) is 20.3 Å². The van der Waals surface area contributed by atoms with Crippen molar-refractivity contribution in [2.45, 2.75) is 24.7 Å². The molecule has 2 heterocycles. The van der Waals surface area contributed by atoms with Crippen molar-refractivity contribution in [3.63, 3.8) is 0 Å². The number of benzene rings is 3. The molecule has 0 spiro atoms. The van der Waals surface area contributed by atoms with Gasteiger partial charge in [-0.3, -0.25) is 4.57 Å². The SMILES string of the molecule is COc1ccc(COC(c2ccccc2)(c2ccccc2)C2OCC(n3ccc(N)nc3=O)O2)cc1. The monoisotopic (exact) mass is 485 g/mol. The van der Waals surface area contributed by atoms with Crippen LogP contribution in [0.3, 0.4) is 0 Å². The summed E-state index contributed by atoms with van der Waals surface area (Å²) in [4.78, 5) is 16.3. The normalized spacial score (nSPS) is 17.7. The zero-order valence-electron chi connectivity index (χ0n) is 19.8. The lowest BCUT2D eigenvalue weighted by Crippen LogP contribution is -2.44. The number of ether oxygens (including phenoxy) is 4. The molecule has 4 aromatic rings. The molecule has 0 radical (unpaired) electrons. The molecular formula is C28H27N3O5. The molecule has 1 aromatic heterocycles. The van der Waals surface area contributed by atoms with Gasteiger partial charge in [0.1, 0.15) is 11.6 Å². The predicted molar refractivity (Wildman–Crippen MR) is 134 cm³/mol. The number of hydrogen-bond donors (Lipinski definition) is 1. The van der Waals surface area contributed by atoms with Crippen molar-refractivity contribution >= 4 is 5.82 Å². The first-order valence-electron chi connectivity index (χ1n) is 11.6. The van der Waals surface area contributed by atoms with Gasteiger partial charge in [-0.25, -0.2) is 4.79 Å². The minimum absolute atomic E-state index is 0.142. The Kier molecular flexibility index (Phi) is 6.81. The van der Waals surface area contributed by atoms with E-state index in [1.807, 2.05) is 84.9 Å². The lowest BCUT2D eigenvalue weighted by molar-refractivity contribution is -0.209. The van der Waals surface area contributed by atoms with Crippen molar-refractivity contribution in [3.05, 3.63) is 124 Å². The van der Waals surface area contributed by atoms with Crippen molar-refractivity contribution < 1.29 is 18.9 Å². The highest BCUT2D eigenvalue weighted by molar-refractivity contribution is 5.38. The lowest BCUT2D eigenvalue weighted by atomic mass is 9.85. The highest BCUT2D eigenvalue weighted by atomic mass is 16.8. The molecule has 0 bridgehead atoms. The van der Waals surface area contributed by atoms with E-state index in [9.17, 15) is 4.79 Å². The summed E-state index contributed by atoms with van der Waals surface area (Å²) in [5, 5.41) is 0. The van der Waals surface area contributed by atoms with Crippen LogP contribution in [0.4, 0.5) is 5.82 Å². The maximum atomic E-state index is 12.5. The first-order chi connectivity index (χ1) is 17.6. The number of nitrogen functional groups attached to an aromatic ring is 1. The van der Waals surface area contributed by atoms with Crippen LogP contribution in [0.15, 0.2) is 102 Å². The molecule has 8 nitrogen and oxygen atoms in total. The van der Waals surface area contributed by atoms with Gasteiger partial charge in [0.2, 0.25) is 0 Å². The lowest BCUT2D eigenvalue weighted by Gasteiger charge is -2.38. The van der Waals surface area contributed by atoms with Gasteiger partial charge in [0.15, 0.2) is 18.1 Å². The number of nitrogens with two attached hydrogens (primary N) is 1. The second-order valence-corrected chi connectivity index (χ2v) is 8.40. The van der Waals surface area contributed by atoms with E-state index < -0.39 is 23.8 Å². The van der Waals surface area contributed by atoms with Crippen LogP contribution in [0.25, 0.3) is 0 Å². The summed E-state index contributed by atoms with van der Waals surface area (Å²) in [5.41, 5.74) is 6.71. The van der Waals surface area contributed by atoms with Crippen LogP contribution in [0, 0.1) is 0 Å². The predicted octanol–water partition coefficient (Wildman–Crippen LogP) is 3.87. The largest absolute Gasteiger partial charge is 0.497 e. The third-order valence-corrected chi connectivity index (χ3v) is 6.20. The van der Waals surface area contributed by atoms with Crippen LogP contribution in [0.2, 0.25) is 0 Å². The standard InChI is InChI=1S/C28H27N3O5/c1-33-23-14-12-20(13-15-23)18-35-28(21-8-4-2-5-9-21,22-10-6-3-7-11-22)26-34-19-25(36-26)31-17-16-24(29)30-27(31)32/h2-17,25-26H,18-19H2,1H3,(H2,29,30,32). The molecule has 1 aliphatic rings. The van der Waals surface area contributed by atoms with Crippen LogP contribution in [0.5, 0.6) is 5.75 Å². The maximum absolute atomic E-state index is 12.5. The van der Waals surface area contributed by atoms with E-state index in [4.69, 9.17) is 24.7 Å². The average Bonchev–Trinajstić information content (AvgIpc) is 3.41. The molecule has 0 amide bonds. The van der Waals surface area contributed by atoms with Crippen molar-refractivity contribution in [1.29, 1.82) is 0 Å². The van der Waals surface area contributed by atoms with E-state index in [0.717, 1.165) is 22.4 Å². The van der Waals surface area contributed by atoms with Gasteiger partial charge in [0.25, 0.3) is 0 Å². The van der Waals surface area contributed by atoms with Crippen molar-refractivity contribution in [1.82, 2.24) is 9.55 Å². The summed E-state index contributed by atoms with van der Waals surface area (Å²) in [6.07, 6.45) is 0.0217. The van der Waals surface area contributed by atoms with E-state index in [0.29, 0.717) is 0 Å². The van der Waals surface area contributed by atoms with Crippen LogP contribution in [-0.2, 0) is 26.4 Å². The first kappa shape index (κ1) is 23.7. The van der Waals surface area contributed by atoms with E-state index in [-0.39, 0.29) is 19.0 Å². The van der Waals surface area contributed by atoms with E-state index in [1.54, 1.807) is 19.4 Å². The Hall–Kier alpha value is -3.98. The van der Waals surface area contributed by atoms with Gasteiger partial charge < -0.3 is 24.7 Å². The van der Waals surface area contributed by atoms with Crippen LogP contribution < -0.4 is 16.2 Å². The van der Waals surface area contributed by atoms with Crippen LogP contribution >= 0.6 is 0 Å². The summed E-state index contributed by atoms with van der Waals surface area (Å²) < 4.78 is 26.0. The molecule has 0 aliphatic carbocycles. The molecule has 1 aliphatic heterocycles. The fraction of sp³-hybridized carbons (Fsp3) is 0.214. The number of nitrogens with zero attached hydrogens (tertiary/aromatic N) is 2. The summed E-state index contributed by atoms with van der Waals surface area (Å²) in [5.74, 6) is 0.918. The van der Waals surface area contributed by atoms with Crippen molar-refractivity contribution in [2.24, 2.45) is 0 Å². The molecule has 0 saturated carbocycles. The Balaban J connectivity index is 1.55. The van der Waals surface area contributed by atoms with E-state index in [2.05, 4.69) is 4.98 Å². The average molecular weight is 486 g/mol. The quantitative estimate of drug-likeness (QED) is 0.405. The van der Waals surface area contributed by atoms with Gasteiger partial charge in [-0.2, -0.15) is 4.98 Å². The fourth-order valence-corrected chi connectivity index (χ4v) is 4.36. The molecule has 5 rings (SSSR count). The Labute approximate surface area is 208 Å². The molecular weight excluding hydrogens is 458 g/mol. The Morgan fingerprint density at radius 2 is 1.61 bits per heavy atom. The van der Waals surface area contributed by atoms with Gasteiger partial charge in [-0.05, 0) is 34.9 Å². The second kappa shape index (κ2) is 10.3. The van der Waals surface area contributed by atoms with Crippen LogP contribution in [-0.4, -0.2) is 29.6 Å². The smallest absolute Gasteiger partial charge is 0.351 e. The molecule has 184 valence electrons. The van der Waals surface area contributed by atoms with E-state index in [1.165, 1.54) is 4.57 Å². The summed E-state index contributed by atoms with van der Waals surface area (Å²) in [7, 11) is 1.63. The molecule has 36 heavy (non-hydrogen) atoms. The fourth-order valence-electron chi connectivity index (χ4n) is 4.36. The third-order valence-electron chi connectivity index (χ3n) is 6.20. The number of hydrogen-bond acceptors (Lipinski definition) is 7. The molecule has 2 atom stereocenters. The minimum atomic E-state index is -1.12. The summed E-state index contributed by atoms with van der Waals surface area (Å²) in [6.45, 7) is 0.425. The van der Waals surface area contributed by atoms with E-state index >= 15 is 0 Å². The highest BCUT2D eigenvalue weighted by Crippen LogP contribution is 2.43. The van der Waals surface area contributed by atoms with Gasteiger partial charge >= 0.3 is 5.69 Å². The second-order valence-electron chi connectivity index (χ2n) is 8.40. The highest BCUT2D eigenvalue weighted by Gasteiger charge is 2.49. The Morgan fingerprint density at radius 1 is 0.972 bits per heavy atom. The molecule has 1 fully saturated rings. The van der Waals surface area contributed by atoms with Gasteiger partial charge in [-0.15, -0.1) is 0 Å². The molecule has 3 aromatic carbocycles. The first-order valence-corrected chi connectivity index (χ1v) is 11.6. The van der Waals surface area contributed by atoms with Gasteiger partial charge in [0, 0.05) is 6.20 Å². The molecule has 8 heteroatoms. The zero-order valence-corrected chi connectivity index (χ0v) is 19.8. The molecule has 2 unspecified atom stereocenters. The zero-order chi connectivity index (χ0) is 25.0.